The van der Waals surface area contributed by atoms with Crippen molar-refractivity contribution in [2.75, 3.05) is 7.11 Å². The number of benzene rings is 1. The second-order valence-corrected chi connectivity index (χ2v) is 5.00. The highest BCUT2D eigenvalue weighted by Crippen LogP contribution is 2.19. The maximum Gasteiger partial charge on any atom is 0.212 e. The molecule has 0 amide bonds. The first-order valence-electron chi connectivity index (χ1n) is 6.27. The smallest absolute Gasteiger partial charge is 0.212 e. The molecule has 0 saturated carbocycles. The molecule has 1 unspecified atom stereocenters. The van der Waals surface area contributed by atoms with Gasteiger partial charge in [-0.25, -0.2) is 9.37 Å². The summed E-state index contributed by atoms with van der Waals surface area (Å²) in [6, 6.07) is 8.44. The van der Waals surface area contributed by atoms with Crippen molar-refractivity contribution in [3.05, 3.63) is 58.5 Å². The Labute approximate surface area is 122 Å². The second-order valence-electron chi connectivity index (χ2n) is 4.59. The van der Waals surface area contributed by atoms with Gasteiger partial charge in [0.2, 0.25) is 5.88 Å². The molecule has 0 radical (unpaired) electrons. The molecule has 0 aliphatic carbocycles. The van der Waals surface area contributed by atoms with E-state index >= 15 is 0 Å². The van der Waals surface area contributed by atoms with Crippen molar-refractivity contribution < 1.29 is 9.13 Å². The fraction of sp³-hybridized carbons (Fsp3) is 0.267. The number of methoxy groups -OCH3 is 1. The molecule has 2 rings (SSSR count). The van der Waals surface area contributed by atoms with Gasteiger partial charge in [-0.3, -0.25) is 0 Å². The van der Waals surface area contributed by atoms with Gasteiger partial charge < -0.3 is 10.5 Å². The molecule has 0 aliphatic rings. The molecular formula is C15H16ClFN2O. The van der Waals surface area contributed by atoms with Gasteiger partial charge in [0.05, 0.1) is 12.1 Å². The van der Waals surface area contributed by atoms with Gasteiger partial charge in [0.1, 0.15) is 5.82 Å². The van der Waals surface area contributed by atoms with Crippen LogP contribution in [-0.2, 0) is 12.8 Å². The first-order chi connectivity index (χ1) is 9.60. The van der Waals surface area contributed by atoms with Crippen molar-refractivity contribution in [2.45, 2.75) is 18.9 Å². The summed E-state index contributed by atoms with van der Waals surface area (Å²) in [6.45, 7) is 0. The van der Waals surface area contributed by atoms with Gasteiger partial charge in [0.15, 0.2) is 0 Å². The van der Waals surface area contributed by atoms with Gasteiger partial charge in [-0.15, -0.1) is 0 Å². The third-order valence-corrected chi connectivity index (χ3v) is 3.31. The summed E-state index contributed by atoms with van der Waals surface area (Å²) in [5.41, 5.74) is 7.58. The molecule has 20 heavy (non-hydrogen) atoms. The summed E-state index contributed by atoms with van der Waals surface area (Å²) < 4.78 is 18.8. The summed E-state index contributed by atoms with van der Waals surface area (Å²) in [5, 5.41) is 0.126. The highest BCUT2D eigenvalue weighted by molar-refractivity contribution is 6.30. The van der Waals surface area contributed by atoms with Crippen LogP contribution in [0.5, 0.6) is 5.88 Å². The third kappa shape index (κ3) is 3.68. The van der Waals surface area contributed by atoms with E-state index in [1.807, 2.05) is 6.07 Å². The van der Waals surface area contributed by atoms with Gasteiger partial charge >= 0.3 is 0 Å². The lowest BCUT2D eigenvalue weighted by Gasteiger charge is -2.13. The highest BCUT2D eigenvalue weighted by Gasteiger charge is 2.11. The Morgan fingerprint density at radius 2 is 2.10 bits per heavy atom. The van der Waals surface area contributed by atoms with E-state index in [9.17, 15) is 4.39 Å². The number of halogens is 2. The number of aromatic nitrogens is 1. The molecule has 1 atom stereocenters. The summed E-state index contributed by atoms with van der Waals surface area (Å²) in [6.07, 6.45) is 2.76. The summed E-state index contributed by atoms with van der Waals surface area (Å²) in [7, 11) is 1.57. The minimum Gasteiger partial charge on any atom is -0.481 e. The number of hydrogen-bond acceptors (Lipinski definition) is 3. The first kappa shape index (κ1) is 14.8. The molecule has 2 aromatic rings. The van der Waals surface area contributed by atoms with E-state index in [-0.39, 0.29) is 11.1 Å². The van der Waals surface area contributed by atoms with Crippen LogP contribution in [0.15, 0.2) is 36.5 Å². The number of pyridine rings is 1. The molecule has 1 heterocycles. The molecule has 0 bridgehead atoms. The lowest BCUT2D eigenvalue weighted by molar-refractivity contribution is 0.397. The van der Waals surface area contributed by atoms with E-state index in [0.29, 0.717) is 24.3 Å². The Hall–Kier alpha value is -1.65. The topological polar surface area (TPSA) is 48.1 Å². The van der Waals surface area contributed by atoms with Crippen LogP contribution in [-0.4, -0.2) is 18.1 Å². The monoisotopic (exact) mass is 294 g/mol. The van der Waals surface area contributed by atoms with Crippen molar-refractivity contribution in [3.63, 3.8) is 0 Å². The van der Waals surface area contributed by atoms with E-state index < -0.39 is 5.82 Å². The SMILES string of the molecule is COc1ccc(CC(N)Cc2cccc(Cl)c2F)cn1. The summed E-state index contributed by atoms with van der Waals surface area (Å²) in [4.78, 5) is 4.12. The molecule has 0 saturated heterocycles. The van der Waals surface area contributed by atoms with E-state index in [0.717, 1.165) is 5.56 Å². The molecule has 2 N–H and O–H groups in total. The Bertz CT molecular complexity index is 575. The zero-order chi connectivity index (χ0) is 14.5. The molecular weight excluding hydrogens is 279 g/mol. The minimum atomic E-state index is -0.391. The van der Waals surface area contributed by atoms with E-state index in [1.165, 1.54) is 6.07 Å². The van der Waals surface area contributed by atoms with Crippen LogP contribution in [0.2, 0.25) is 5.02 Å². The lowest BCUT2D eigenvalue weighted by atomic mass is 10.0. The number of nitrogens with two attached hydrogens (primary N) is 1. The van der Waals surface area contributed by atoms with Gasteiger partial charge in [-0.1, -0.05) is 29.8 Å². The van der Waals surface area contributed by atoms with Crippen molar-refractivity contribution in [1.82, 2.24) is 4.98 Å². The Kier molecular flexibility index (Phi) is 4.93. The van der Waals surface area contributed by atoms with Crippen LogP contribution < -0.4 is 10.5 Å². The average Bonchev–Trinajstić information content (AvgIpc) is 2.45. The van der Waals surface area contributed by atoms with E-state index in [4.69, 9.17) is 22.1 Å². The normalized spacial score (nSPS) is 12.2. The fourth-order valence-corrected chi connectivity index (χ4v) is 2.21. The van der Waals surface area contributed by atoms with Gasteiger partial charge in [-0.05, 0) is 30.0 Å². The molecule has 1 aromatic carbocycles. The van der Waals surface area contributed by atoms with Crippen molar-refractivity contribution in [2.24, 2.45) is 5.73 Å². The molecule has 106 valence electrons. The van der Waals surface area contributed by atoms with E-state index in [2.05, 4.69) is 4.98 Å². The first-order valence-corrected chi connectivity index (χ1v) is 6.65. The highest BCUT2D eigenvalue weighted by atomic mass is 35.5. The summed E-state index contributed by atoms with van der Waals surface area (Å²) >= 11 is 5.75. The molecule has 0 aliphatic heterocycles. The third-order valence-electron chi connectivity index (χ3n) is 3.02. The lowest BCUT2D eigenvalue weighted by Crippen LogP contribution is -2.26. The van der Waals surface area contributed by atoms with Gasteiger partial charge in [0, 0.05) is 18.3 Å². The van der Waals surface area contributed by atoms with Crippen LogP contribution in [0, 0.1) is 5.82 Å². The molecule has 1 aromatic heterocycles. The standard InChI is InChI=1S/C15H16ClFN2O/c1-20-14-6-5-10(9-19-14)7-12(18)8-11-3-2-4-13(16)15(11)17/h2-6,9,12H,7-8,18H2,1H3. The predicted octanol–water partition coefficient (Wildman–Crippen LogP) is 3.00. The van der Waals surface area contributed by atoms with Crippen molar-refractivity contribution >= 4 is 11.6 Å². The average molecular weight is 295 g/mol. The number of ether oxygens (including phenoxy) is 1. The van der Waals surface area contributed by atoms with Gasteiger partial charge in [0.25, 0.3) is 0 Å². The van der Waals surface area contributed by atoms with Crippen LogP contribution in [0.1, 0.15) is 11.1 Å². The number of nitrogens with zero attached hydrogens (tertiary/aromatic N) is 1. The zero-order valence-corrected chi connectivity index (χ0v) is 11.9. The Balaban J connectivity index is 2.01. The van der Waals surface area contributed by atoms with Crippen molar-refractivity contribution in [1.29, 1.82) is 0 Å². The van der Waals surface area contributed by atoms with Crippen LogP contribution in [0.3, 0.4) is 0 Å². The van der Waals surface area contributed by atoms with Crippen molar-refractivity contribution in [3.8, 4) is 5.88 Å². The zero-order valence-electron chi connectivity index (χ0n) is 11.1. The minimum absolute atomic E-state index is 0.126. The van der Waals surface area contributed by atoms with Gasteiger partial charge in [-0.2, -0.15) is 0 Å². The Morgan fingerprint density at radius 1 is 1.30 bits per heavy atom. The van der Waals surface area contributed by atoms with Crippen LogP contribution >= 0.6 is 11.6 Å². The molecule has 0 spiro atoms. The van der Waals surface area contributed by atoms with Crippen LogP contribution in [0.4, 0.5) is 4.39 Å². The van der Waals surface area contributed by atoms with Crippen LogP contribution in [0.25, 0.3) is 0 Å². The molecule has 3 nitrogen and oxygen atoms in total. The predicted molar refractivity (Wildman–Crippen MR) is 77.6 cm³/mol. The quantitative estimate of drug-likeness (QED) is 0.922. The molecule has 5 heteroatoms. The molecule has 0 fully saturated rings. The fourth-order valence-electron chi connectivity index (χ4n) is 2.02. The van der Waals surface area contributed by atoms with E-state index in [1.54, 1.807) is 31.5 Å². The number of hydrogen-bond donors (Lipinski definition) is 1. The summed E-state index contributed by atoms with van der Waals surface area (Å²) in [5.74, 6) is 0.167. The number of rotatable bonds is 5. The Morgan fingerprint density at radius 3 is 2.75 bits per heavy atom. The maximum absolute atomic E-state index is 13.8. The largest absolute Gasteiger partial charge is 0.481 e. The second kappa shape index (κ2) is 6.68. The maximum atomic E-state index is 13.8.